The number of aryl methyl sites for hydroxylation is 1. The third-order valence-electron chi connectivity index (χ3n) is 3.53. The highest BCUT2D eigenvalue weighted by molar-refractivity contribution is 5.56. The Morgan fingerprint density at radius 3 is 2.32 bits per heavy atom. The Kier molecular flexibility index (Phi) is 6.02. The van der Waals surface area contributed by atoms with E-state index in [1.54, 1.807) is 0 Å². The van der Waals surface area contributed by atoms with Crippen LogP contribution in [0, 0.1) is 18.8 Å². The molecule has 0 spiro atoms. The Morgan fingerprint density at radius 1 is 1.16 bits per heavy atom. The maximum Gasteiger partial charge on any atom is 0.148 e. The number of rotatable bonds is 7. The first-order valence-electron chi connectivity index (χ1n) is 7.07. The monoisotopic (exact) mass is 265 g/mol. The molecule has 0 saturated heterocycles. The van der Waals surface area contributed by atoms with Gasteiger partial charge in [0.1, 0.15) is 17.5 Å². The first-order chi connectivity index (χ1) is 8.99. The summed E-state index contributed by atoms with van der Waals surface area (Å²) >= 11 is 0. The van der Waals surface area contributed by atoms with Crippen molar-refractivity contribution in [3.8, 4) is 0 Å². The van der Waals surface area contributed by atoms with Crippen molar-refractivity contribution >= 4 is 11.6 Å². The molecule has 4 N–H and O–H groups in total. The SMILES string of the molecule is CCCc1nc(NN)c(C)c(NCC(C)C(C)C)n1. The molecule has 1 atom stereocenters. The van der Waals surface area contributed by atoms with Crippen molar-refractivity contribution < 1.29 is 0 Å². The van der Waals surface area contributed by atoms with E-state index < -0.39 is 0 Å². The quantitative estimate of drug-likeness (QED) is 0.522. The predicted octanol–water partition coefficient (Wildman–Crippen LogP) is 2.73. The van der Waals surface area contributed by atoms with Gasteiger partial charge in [0.15, 0.2) is 0 Å². The second-order valence-corrected chi connectivity index (χ2v) is 5.46. The molecule has 0 aliphatic rings. The van der Waals surface area contributed by atoms with Crippen LogP contribution in [0.15, 0.2) is 0 Å². The van der Waals surface area contributed by atoms with E-state index in [2.05, 4.69) is 48.4 Å². The fraction of sp³-hybridized carbons (Fsp3) is 0.714. The second kappa shape index (κ2) is 7.28. The Hall–Kier alpha value is -1.36. The van der Waals surface area contributed by atoms with E-state index in [1.165, 1.54) is 0 Å². The lowest BCUT2D eigenvalue weighted by Gasteiger charge is -2.18. The largest absolute Gasteiger partial charge is 0.369 e. The molecule has 0 saturated carbocycles. The summed E-state index contributed by atoms with van der Waals surface area (Å²) in [7, 11) is 0. The van der Waals surface area contributed by atoms with Crippen molar-refractivity contribution in [1.82, 2.24) is 9.97 Å². The molecule has 0 aromatic carbocycles. The number of nitrogens with zero attached hydrogens (tertiary/aromatic N) is 2. The van der Waals surface area contributed by atoms with E-state index in [4.69, 9.17) is 5.84 Å². The van der Waals surface area contributed by atoms with Gasteiger partial charge in [0.05, 0.1) is 0 Å². The lowest BCUT2D eigenvalue weighted by atomic mass is 9.98. The van der Waals surface area contributed by atoms with Crippen LogP contribution in [0.5, 0.6) is 0 Å². The second-order valence-electron chi connectivity index (χ2n) is 5.46. The highest BCUT2D eigenvalue weighted by Crippen LogP contribution is 2.20. The van der Waals surface area contributed by atoms with Crippen LogP contribution >= 0.6 is 0 Å². The van der Waals surface area contributed by atoms with Crippen LogP contribution in [-0.2, 0) is 6.42 Å². The van der Waals surface area contributed by atoms with Crippen molar-refractivity contribution in [2.75, 3.05) is 17.3 Å². The summed E-state index contributed by atoms with van der Waals surface area (Å²) in [5.41, 5.74) is 3.62. The molecule has 108 valence electrons. The van der Waals surface area contributed by atoms with Gasteiger partial charge in [-0.1, -0.05) is 27.7 Å². The molecule has 1 unspecified atom stereocenters. The topological polar surface area (TPSA) is 75.9 Å². The molecule has 5 heteroatoms. The van der Waals surface area contributed by atoms with Gasteiger partial charge in [-0.05, 0) is 25.2 Å². The number of nitrogen functional groups attached to an aromatic ring is 1. The molecule has 0 radical (unpaired) electrons. The van der Waals surface area contributed by atoms with E-state index in [9.17, 15) is 0 Å². The van der Waals surface area contributed by atoms with Crippen LogP contribution in [0.2, 0.25) is 0 Å². The molecule has 1 aromatic rings. The lowest BCUT2D eigenvalue weighted by molar-refractivity contribution is 0.439. The van der Waals surface area contributed by atoms with Crippen molar-refractivity contribution in [1.29, 1.82) is 0 Å². The van der Waals surface area contributed by atoms with Gasteiger partial charge in [0.2, 0.25) is 0 Å². The minimum absolute atomic E-state index is 0.596. The van der Waals surface area contributed by atoms with Crippen LogP contribution in [-0.4, -0.2) is 16.5 Å². The third-order valence-corrected chi connectivity index (χ3v) is 3.53. The Morgan fingerprint density at radius 2 is 1.79 bits per heavy atom. The maximum atomic E-state index is 5.52. The highest BCUT2D eigenvalue weighted by atomic mass is 15.3. The third kappa shape index (κ3) is 4.35. The maximum absolute atomic E-state index is 5.52. The molecule has 0 aliphatic heterocycles. The summed E-state index contributed by atoms with van der Waals surface area (Å²) in [6, 6.07) is 0. The van der Waals surface area contributed by atoms with E-state index in [-0.39, 0.29) is 0 Å². The molecule has 0 aliphatic carbocycles. The molecule has 0 fully saturated rings. The normalized spacial score (nSPS) is 12.6. The fourth-order valence-corrected chi connectivity index (χ4v) is 1.70. The van der Waals surface area contributed by atoms with Gasteiger partial charge in [-0.15, -0.1) is 0 Å². The Labute approximate surface area is 116 Å². The van der Waals surface area contributed by atoms with Gasteiger partial charge in [0.25, 0.3) is 0 Å². The fourth-order valence-electron chi connectivity index (χ4n) is 1.70. The molecule has 1 rings (SSSR count). The van der Waals surface area contributed by atoms with Gasteiger partial charge < -0.3 is 10.7 Å². The summed E-state index contributed by atoms with van der Waals surface area (Å²) in [6.45, 7) is 11.7. The molecule has 0 bridgehead atoms. The van der Waals surface area contributed by atoms with Gasteiger partial charge in [0, 0.05) is 18.5 Å². The van der Waals surface area contributed by atoms with E-state index in [0.717, 1.165) is 36.6 Å². The number of nitrogens with one attached hydrogen (secondary N) is 2. The molecular weight excluding hydrogens is 238 g/mol. The zero-order valence-corrected chi connectivity index (χ0v) is 12.7. The van der Waals surface area contributed by atoms with Gasteiger partial charge in [-0.3, -0.25) is 0 Å². The standard InChI is InChI=1S/C14H27N5/c1-6-7-12-17-13(11(5)14(18-12)19-15)16-8-10(4)9(2)3/h9-10H,6-8,15H2,1-5H3,(H2,16,17,18,19). The molecular formula is C14H27N5. The zero-order valence-electron chi connectivity index (χ0n) is 12.7. The van der Waals surface area contributed by atoms with Gasteiger partial charge in [-0.2, -0.15) is 0 Å². The molecule has 1 heterocycles. The van der Waals surface area contributed by atoms with Gasteiger partial charge in [-0.25, -0.2) is 15.8 Å². The average molecular weight is 265 g/mol. The van der Waals surface area contributed by atoms with Crippen LogP contribution < -0.4 is 16.6 Å². The Bertz CT molecular complexity index is 403. The van der Waals surface area contributed by atoms with E-state index in [0.29, 0.717) is 17.7 Å². The molecule has 5 nitrogen and oxygen atoms in total. The predicted molar refractivity (Wildman–Crippen MR) is 81.1 cm³/mol. The summed E-state index contributed by atoms with van der Waals surface area (Å²) in [6.07, 6.45) is 1.89. The van der Waals surface area contributed by atoms with Gasteiger partial charge >= 0.3 is 0 Å². The van der Waals surface area contributed by atoms with Crippen molar-refractivity contribution in [2.24, 2.45) is 17.7 Å². The van der Waals surface area contributed by atoms with Crippen molar-refractivity contribution in [2.45, 2.75) is 47.5 Å². The average Bonchev–Trinajstić information content (AvgIpc) is 2.38. The molecule has 19 heavy (non-hydrogen) atoms. The molecule has 0 amide bonds. The zero-order chi connectivity index (χ0) is 14.4. The van der Waals surface area contributed by atoms with Crippen molar-refractivity contribution in [3.05, 3.63) is 11.4 Å². The first kappa shape index (κ1) is 15.7. The number of hydrogen-bond donors (Lipinski definition) is 3. The van der Waals surface area contributed by atoms with Crippen LogP contribution in [0.25, 0.3) is 0 Å². The van der Waals surface area contributed by atoms with Crippen LogP contribution in [0.4, 0.5) is 11.6 Å². The van der Waals surface area contributed by atoms with E-state index >= 15 is 0 Å². The summed E-state index contributed by atoms with van der Waals surface area (Å²) in [4.78, 5) is 9.00. The van der Waals surface area contributed by atoms with Crippen molar-refractivity contribution in [3.63, 3.8) is 0 Å². The first-order valence-corrected chi connectivity index (χ1v) is 7.07. The van der Waals surface area contributed by atoms with Crippen LogP contribution in [0.3, 0.4) is 0 Å². The number of hydrazine groups is 1. The summed E-state index contributed by atoms with van der Waals surface area (Å²) in [5, 5.41) is 3.42. The lowest BCUT2D eigenvalue weighted by Crippen LogP contribution is -2.19. The smallest absolute Gasteiger partial charge is 0.148 e. The minimum Gasteiger partial charge on any atom is -0.369 e. The summed E-state index contributed by atoms with van der Waals surface area (Å²) < 4.78 is 0. The number of aromatic nitrogens is 2. The number of hydrogen-bond acceptors (Lipinski definition) is 5. The van der Waals surface area contributed by atoms with Crippen LogP contribution in [0.1, 0.15) is 45.5 Å². The number of nitrogens with two attached hydrogens (primary N) is 1. The Balaban J connectivity index is 2.88. The summed E-state index contributed by atoms with van der Waals surface area (Å²) in [5.74, 6) is 9.19. The van der Waals surface area contributed by atoms with E-state index in [1.807, 2.05) is 6.92 Å². The highest BCUT2D eigenvalue weighted by Gasteiger charge is 2.12. The number of anilines is 2. The molecule has 1 aromatic heterocycles. The minimum atomic E-state index is 0.596.